The molecule has 10 nitrogen and oxygen atoms in total. The maximum absolute atomic E-state index is 12.7. The molecule has 174 valence electrons. The van der Waals surface area contributed by atoms with Crippen molar-refractivity contribution in [1.29, 1.82) is 0 Å². The van der Waals surface area contributed by atoms with Crippen LogP contribution in [0, 0.1) is 17.8 Å². The maximum atomic E-state index is 12.7. The maximum Gasteiger partial charge on any atom is 0.326 e. The van der Waals surface area contributed by atoms with Gasteiger partial charge in [0.15, 0.2) is 0 Å². The Hall–Kier alpha value is -2.20. The summed E-state index contributed by atoms with van der Waals surface area (Å²) in [5, 5.41) is 26.7. The van der Waals surface area contributed by atoms with E-state index in [1.165, 1.54) is 6.92 Å². The number of aliphatic hydroxyl groups is 1. The van der Waals surface area contributed by atoms with Crippen molar-refractivity contribution < 1.29 is 29.4 Å². The molecule has 10 heteroatoms. The summed E-state index contributed by atoms with van der Waals surface area (Å²) in [4.78, 5) is 49.1. The highest BCUT2D eigenvalue weighted by molar-refractivity contribution is 5.94. The van der Waals surface area contributed by atoms with Gasteiger partial charge >= 0.3 is 5.97 Å². The van der Waals surface area contributed by atoms with Crippen LogP contribution < -0.4 is 21.7 Å². The van der Waals surface area contributed by atoms with Crippen molar-refractivity contribution in [3.63, 3.8) is 0 Å². The summed E-state index contributed by atoms with van der Waals surface area (Å²) >= 11 is 0. The summed E-state index contributed by atoms with van der Waals surface area (Å²) in [6, 6.07) is -4.34. The van der Waals surface area contributed by atoms with Gasteiger partial charge in [-0.3, -0.25) is 14.4 Å². The summed E-state index contributed by atoms with van der Waals surface area (Å²) in [5.41, 5.74) is 5.88. The number of carboxylic acids is 1. The van der Waals surface area contributed by atoms with E-state index in [1.807, 2.05) is 6.92 Å². The lowest BCUT2D eigenvalue weighted by Crippen LogP contribution is -2.61. The number of hydrogen-bond donors (Lipinski definition) is 6. The number of nitrogens with one attached hydrogen (secondary N) is 3. The van der Waals surface area contributed by atoms with Crippen LogP contribution in [-0.2, 0) is 19.2 Å². The molecule has 0 aliphatic heterocycles. The van der Waals surface area contributed by atoms with E-state index < -0.39 is 54.0 Å². The molecule has 0 aliphatic carbocycles. The highest BCUT2D eigenvalue weighted by Crippen LogP contribution is 2.09. The molecule has 0 aromatic rings. The third kappa shape index (κ3) is 8.27. The molecule has 0 rings (SSSR count). The van der Waals surface area contributed by atoms with Crippen molar-refractivity contribution in [3.8, 4) is 0 Å². The highest BCUT2D eigenvalue weighted by atomic mass is 16.4. The van der Waals surface area contributed by atoms with Crippen LogP contribution in [0.5, 0.6) is 0 Å². The minimum absolute atomic E-state index is 0.124. The minimum Gasteiger partial charge on any atom is -0.480 e. The van der Waals surface area contributed by atoms with E-state index in [-0.39, 0.29) is 17.8 Å². The predicted octanol–water partition coefficient (Wildman–Crippen LogP) is -0.408. The number of hydrogen-bond acceptors (Lipinski definition) is 6. The number of carboxylic acid groups (broad SMARTS) is 1. The fourth-order valence-electron chi connectivity index (χ4n) is 2.70. The third-order valence-electron chi connectivity index (χ3n) is 5.10. The van der Waals surface area contributed by atoms with Gasteiger partial charge in [-0.1, -0.05) is 48.0 Å². The van der Waals surface area contributed by atoms with Crippen LogP contribution in [0.3, 0.4) is 0 Å². The Balaban J connectivity index is 5.39. The molecule has 6 atom stereocenters. The van der Waals surface area contributed by atoms with E-state index in [9.17, 15) is 29.4 Å². The number of carbonyl (C=O) groups excluding carboxylic acids is 3. The second-order valence-electron chi connectivity index (χ2n) is 8.44. The fraction of sp³-hybridized carbons (Fsp3) is 0.800. The SMILES string of the molecule is CCC(C)C(N)C(=O)NC(C(=O)NC(C(=O)NC(C(=O)O)C(C)C)C(C)C)C(C)O. The van der Waals surface area contributed by atoms with E-state index in [0.717, 1.165) is 0 Å². The van der Waals surface area contributed by atoms with Crippen molar-refractivity contribution in [1.82, 2.24) is 16.0 Å². The minimum atomic E-state index is -1.32. The Morgan fingerprint density at radius 1 is 0.767 bits per heavy atom. The van der Waals surface area contributed by atoms with Crippen molar-refractivity contribution in [2.45, 2.75) is 85.2 Å². The van der Waals surface area contributed by atoms with Crippen molar-refractivity contribution in [3.05, 3.63) is 0 Å². The van der Waals surface area contributed by atoms with E-state index in [0.29, 0.717) is 6.42 Å². The molecule has 0 radical (unpaired) electrons. The molecular weight excluding hydrogens is 392 g/mol. The molecule has 0 saturated carbocycles. The fourth-order valence-corrected chi connectivity index (χ4v) is 2.70. The lowest BCUT2D eigenvalue weighted by Gasteiger charge is -2.29. The lowest BCUT2D eigenvalue weighted by atomic mass is 9.98. The molecule has 0 saturated heterocycles. The van der Waals surface area contributed by atoms with Gasteiger partial charge < -0.3 is 31.9 Å². The predicted molar refractivity (Wildman–Crippen MR) is 112 cm³/mol. The Morgan fingerprint density at radius 3 is 1.53 bits per heavy atom. The van der Waals surface area contributed by atoms with Crippen LogP contribution in [0.15, 0.2) is 0 Å². The lowest BCUT2D eigenvalue weighted by molar-refractivity contribution is -0.144. The second-order valence-corrected chi connectivity index (χ2v) is 8.44. The summed E-state index contributed by atoms with van der Waals surface area (Å²) in [6.07, 6.45) is -0.576. The largest absolute Gasteiger partial charge is 0.480 e. The monoisotopic (exact) mass is 430 g/mol. The zero-order valence-electron chi connectivity index (χ0n) is 18.9. The average molecular weight is 431 g/mol. The molecule has 0 aromatic carbocycles. The van der Waals surface area contributed by atoms with Crippen LogP contribution in [-0.4, -0.2) is 64.2 Å². The normalized spacial score (nSPS) is 17.4. The van der Waals surface area contributed by atoms with Gasteiger partial charge in [0.05, 0.1) is 12.1 Å². The van der Waals surface area contributed by atoms with E-state index >= 15 is 0 Å². The number of nitrogens with two attached hydrogens (primary N) is 1. The van der Waals surface area contributed by atoms with Gasteiger partial charge in [0.1, 0.15) is 18.1 Å². The molecule has 3 amide bonds. The molecule has 6 unspecified atom stereocenters. The van der Waals surface area contributed by atoms with E-state index in [2.05, 4.69) is 16.0 Å². The summed E-state index contributed by atoms with van der Waals surface area (Å²) in [7, 11) is 0. The summed E-state index contributed by atoms with van der Waals surface area (Å²) < 4.78 is 0. The molecular formula is C20H38N4O6. The first-order chi connectivity index (χ1) is 13.7. The van der Waals surface area contributed by atoms with Crippen molar-refractivity contribution >= 4 is 23.7 Å². The molecule has 0 bridgehead atoms. The van der Waals surface area contributed by atoms with E-state index in [4.69, 9.17) is 5.73 Å². The van der Waals surface area contributed by atoms with Crippen molar-refractivity contribution in [2.75, 3.05) is 0 Å². The zero-order valence-corrected chi connectivity index (χ0v) is 18.9. The van der Waals surface area contributed by atoms with Gasteiger partial charge in [0, 0.05) is 0 Å². The number of aliphatic hydroxyl groups excluding tert-OH is 1. The first kappa shape index (κ1) is 27.8. The van der Waals surface area contributed by atoms with Gasteiger partial charge in [-0.05, 0) is 24.7 Å². The van der Waals surface area contributed by atoms with Gasteiger partial charge in [-0.15, -0.1) is 0 Å². The smallest absolute Gasteiger partial charge is 0.326 e. The molecule has 0 heterocycles. The molecule has 0 fully saturated rings. The van der Waals surface area contributed by atoms with Crippen LogP contribution in [0.2, 0.25) is 0 Å². The topological polar surface area (TPSA) is 171 Å². The highest BCUT2D eigenvalue weighted by Gasteiger charge is 2.34. The Kier molecular flexibility index (Phi) is 11.6. The molecule has 0 aromatic heterocycles. The van der Waals surface area contributed by atoms with Crippen LogP contribution >= 0.6 is 0 Å². The van der Waals surface area contributed by atoms with Gasteiger partial charge in [-0.2, -0.15) is 0 Å². The summed E-state index contributed by atoms with van der Waals surface area (Å²) in [5.74, 6) is -4.04. The quantitative estimate of drug-likeness (QED) is 0.244. The second kappa shape index (κ2) is 12.5. The van der Waals surface area contributed by atoms with Crippen LogP contribution in [0.4, 0.5) is 0 Å². The molecule has 0 spiro atoms. The Morgan fingerprint density at radius 2 is 1.17 bits per heavy atom. The number of amides is 3. The van der Waals surface area contributed by atoms with Gasteiger partial charge in [0.25, 0.3) is 0 Å². The van der Waals surface area contributed by atoms with E-state index in [1.54, 1.807) is 34.6 Å². The first-order valence-electron chi connectivity index (χ1n) is 10.3. The molecule has 7 N–H and O–H groups in total. The molecule has 0 aliphatic rings. The third-order valence-corrected chi connectivity index (χ3v) is 5.10. The van der Waals surface area contributed by atoms with Crippen molar-refractivity contribution in [2.24, 2.45) is 23.5 Å². The van der Waals surface area contributed by atoms with Crippen LogP contribution in [0.25, 0.3) is 0 Å². The summed E-state index contributed by atoms with van der Waals surface area (Å²) in [6.45, 7) is 11.7. The standard InChI is InChI=1S/C20H38N4O6/c1-8-11(6)13(21)17(26)24-16(12(7)25)19(28)22-14(9(2)3)18(27)23-15(10(4)5)20(29)30/h9-16,25H,8,21H2,1-7H3,(H,22,28)(H,23,27)(H,24,26)(H,29,30). The average Bonchev–Trinajstić information content (AvgIpc) is 2.65. The first-order valence-corrected chi connectivity index (χ1v) is 10.3. The number of carbonyl (C=O) groups is 4. The van der Waals surface area contributed by atoms with Crippen LogP contribution in [0.1, 0.15) is 54.9 Å². The zero-order chi connectivity index (χ0) is 23.8. The van der Waals surface area contributed by atoms with Gasteiger partial charge in [0.2, 0.25) is 17.7 Å². The number of rotatable bonds is 12. The molecule has 30 heavy (non-hydrogen) atoms. The Bertz CT molecular complexity index is 608. The van der Waals surface area contributed by atoms with Gasteiger partial charge in [-0.25, -0.2) is 4.79 Å². The number of aliphatic carboxylic acids is 1. The Labute approximate surface area is 178 Å².